The number of fused-ring (bicyclic) bond motifs is 2. The van der Waals surface area contributed by atoms with Crippen molar-refractivity contribution >= 4 is 9.52 Å². The van der Waals surface area contributed by atoms with Crippen molar-refractivity contribution in [2.75, 3.05) is 0 Å². The first kappa shape index (κ1) is 21.7. The maximum Gasteiger partial charge on any atom is 2.00 e. The second-order valence-corrected chi connectivity index (χ2v) is 7.46. The van der Waals surface area contributed by atoms with Crippen molar-refractivity contribution in [3.05, 3.63) is 60.4 Å². The molecule has 2 unspecified atom stereocenters. The largest absolute Gasteiger partial charge is 2.00 e. The van der Waals surface area contributed by atoms with Crippen LogP contribution in [0.3, 0.4) is 0 Å². The van der Waals surface area contributed by atoms with Gasteiger partial charge in [-0.1, -0.05) is 19.4 Å². The molecule has 24 heavy (non-hydrogen) atoms. The number of allylic oxidation sites excluding steroid dienone is 8. The second-order valence-electron chi connectivity index (χ2n) is 6.29. The third kappa shape index (κ3) is 7.27. The minimum absolute atomic E-state index is 0. The number of halogens is 2. The maximum atomic E-state index is 10.8. The Hall–Kier alpha value is -0.340. The third-order valence-corrected chi connectivity index (χ3v) is 5.18. The molecule has 0 aliphatic heterocycles. The van der Waals surface area contributed by atoms with E-state index in [9.17, 15) is 8.78 Å². The van der Waals surface area contributed by atoms with Gasteiger partial charge in [0.1, 0.15) is 9.52 Å². The molecule has 0 spiro atoms. The third-order valence-electron chi connectivity index (χ3n) is 4.68. The molecule has 0 bridgehead atoms. The Bertz CT molecular complexity index is 440. The molecule has 0 N–H and O–H groups in total. The van der Waals surface area contributed by atoms with E-state index in [1.54, 1.807) is 11.1 Å². The predicted octanol–water partition coefficient (Wildman–Crippen LogP) is 5.67. The fourth-order valence-electron chi connectivity index (χ4n) is 3.33. The zero-order valence-corrected chi connectivity index (χ0v) is 18.0. The van der Waals surface area contributed by atoms with E-state index in [-0.39, 0.29) is 26.2 Å². The molecule has 1 radical (unpaired) electrons. The molecule has 4 aliphatic rings. The van der Waals surface area contributed by atoms with E-state index in [1.807, 2.05) is 0 Å². The van der Waals surface area contributed by atoms with Gasteiger partial charge in [0.15, 0.2) is 0 Å². The van der Waals surface area contributed by atoms with Gasteiger partial charge in [-0.25, -0.2) is 44.9 Å². The molecule has 0 aromatic rings. The normalized spacial score (nSPS) is 25.3. The van der Waals surface area contributed by atoms with E-state index < -0.39 is 15.6 Å². The molecule has 4 rings (SSSR count). The molecular formula is C20H27F2SiZr. The standard InChI is InChI=1S/2C9H11.C2H5F2Si.Zr/c2*1-2-5-9-7-3-6-8(9)4-1;1-5-2(3)4;/h2*1-2,4,6,9H,3,5,7H2;2,5H,1H3;/q2*-1;;+2. The van der Waals surface area contributed by atoms with Crippen LogP contribution >= 0.6 is 0 Å². The molecule has 4 heteroatoms. The Morgan fingerprint density at radius 1 is 0.958 bits per heavy atom. The summed E-state index contributed by atoms with van der Waals surface area (Å²) in [6.45, 7) is 1.53. The molecule has 0 nitrogen and oxygen atoms in total. The van der Waals surface area contributed by atoms with E-state index in [0.29, 0.717) is 0 Å². The molecule has 0 heterocycles. The summed E-state index contributed by atoms with van der Waals surface area (Å²) in [5.41, 5.74) is 3.16. The molecule has 0 saturated heterocycles. The van der Waals surface area contributed by atoms with Gasteiger partial charge in [0.25, 0.3) is 0 Å². The van der Waals surface area contributed by atoms with Gasteiger partial charge >= 0.3 is 26.2 Å². The second kappa shape index (κ2) is 12.1. The van der Waals surface area contributed by atoms with E-state index in [1.165, 1.54) is 45.1 Å². The summed E-state index contributed by atoms with van der Waals surface area (Å²) in [5, 5.41) is 0. The SMILES string of the molecule is C1=CCC2CC[CH-]C2=C1.C1=CCC2CC[CH-]C2=C1.C[SiH]C(F)F.[Zr+2]. The van der Waals surface area contributed by atoms with Gasteiger partial charge in [-0.3, -0.25) is 0 Å². The summed E-state index contributed by atoms with van der Waals surface area (Å²) in [6.07, 6.45) is 26.1. The van der Waals surface area contributed by atoms with Crippen molar-refractivity contribution in [3.63, 3.8) is 0 Å². The summed E-state index contributed by atoms with van der Waals surface area (Å²) in [4.78, 5) is 0. The molecule has 2 atom stereocenters. The minimum Gasteiger partial charge on any atom is -0.227 e. The van der Waals surface area contributed by atoms with Crippen LogP contribution in [0.15, 0.2) is 47.6 Å². The maximum absolute atomic E-state index is 10.8. The van der Waals surface area contributed by atoms with Gasteiger partial charge in [0.05, 0.1) is 0 Å². The van der Waals surface area contributed by atoms with Crippen LogP contribution in [-0.2, 0) is 26.2 Å². The Morgan fingerprint density at radius 3 is 1.71 bits per heavy atom. The van der Waals surface area contributed by atoms with Gasteiger partial charge in [-0.05, 0) is 24.7 Å². The van der Waals surface area contributed by atoms with Gasteiger partial charge in [0.2, 0.25) is 6.05 Å². The van der Waals surface area contributed by atoms with E-state index in [2.05, 4.69) is 49.3 Å². The van der Waals surface area contributed by atoms with Crippen molar-refractivity contribution in [1.29, 1.82) is 0 Å². The monoisotopic (exact) mass is 423 g/mol. The minimum atomic E-state index is -2.03. The van der Waals surface area contributed by atoms with Crippen LogP contribution in [0, 0.1) is 24.7 Å². The Morgan fingerprint density at radius 2 is 1.38 bits per heavy atom. The molecule has 0 aromatic carbocycles. The van der Waals surface area contributed by atoms with Crippen molar-refractivity contribution in [2.45, 2.75) is 51.1 Å². The summed E-state index contributed by atoms with van der Waals surface area (Å²) in [6, 6.07) is -2.03. The number of hydrogen-bond donors (Lipinski definition) is 0. The first-order valence-corrected chi connectivity index (χ1v) is 10.5. The first-order chi connectivity index (χ1) is 11.2. The quantitative estimate of drug-likeness (QED) is 0.376. The van der Waals surface area contributed by atoms with E-state index in [0.717, 1.165) is 11.8 Å². The van der Waals surface area contributed by atoms with Crippen LogP contribution in [0.2, 0.25) is 6.55 Å². The number of rotatable bonds is 1. The number of alkyl halides is 2. The first-order valence-electron chi connectivity index (χ1n) is 8.68. The van der Waals surface area contributed by atoms with Gasteiger partial charge < -0.3 is 0 Å². The van der Waals surface area contributed by atoms with Gasteiger partial charge in [0, 0.05) is 0 Å². The Balaban J connectivity index is 0.000000185. The van der Waals surface area contributed by atoms with Crippen LogP contribution in [0.25, 0.3) is 0 Å². The molecule has 4 aliphatic carbocycles. The fraction of sp³-hybridized carbons (Fsp3) is 0.500. The molecular weight excluding hydrogens is 398 g/mol. The average molecular weight is 425 g/mol. The van der Waals surface area contributed by atoms with Gasteiger partial charge in [-0.15, -0.1) is 37.1 Å². The van der Waals surface area contributed by atoms with Gasteiger partial charge in [-0.2, -0.15) is 0 Å². The van der Waals surface area contributed by atoms with E-state index >= 15 is 0 Å². The molecule has 129 valence electrons. The van der Waals surface area contributed by atoms with Crippen molar-refractivity contribution in [1.82, 2.24) is 0 Å². The Labute approximate surface area is 167 Å². The topological polar surface area (TPSA) is 0 Å². The van der Waals surface area contributed by atoms with E-state index in [4.69, 9.17) is 0 Å². The number of hydrogen-bond acceptors (Lipinski definition) is 0. The summed E-state index contributed by atoms with van der Waals surface area (Å²) in [5.74, 6) is 1.77. The molecule has 2 fully saturated rings. The Kier molecular flexibility index (Phi) is 10.9. The zero-order chi connectivity index (χ0) is 16.5. The van der Waals surface area contributed by atoms with Crippen molar-refractivity contribution in [3.8, 4) is 0 Å². The van der Waals surface area contributed by atoms with Crippen LogP contribution in [0.1, 0.15) is 38.5 Å². The van der Waals surface area contributed by atoms with Crippen LogP contribution in [0.4, 0.5) is 8.78 Å². The predicted molar refractivity (Wildman–Crippen MR) is 96.7 cm³/mol. The molecule has 0 amide bonds. The van der Waals surface area contributed by atoms with Crippen LogP contribution in [-0.4, -0.2) is 15.6 Å². The summed E-state index contributed by atoms with van der Waals surface area (Å²) >= 11 is 0. The summed E-state index contributed by atoms with van der Waals surface area (Å²) < 4.78 is 21.6. The zero-order valence-electron chi connectivity index (χ0n) is 14.4. The molecule has 0 aromatic heterocycles. The van der Waals surface area contributed by atoms with Crippen LogP contribution < -0.4 is 0 Å². The van der Waals surface area contributed by atoms with Crippen molar-refractivity contribution in [2.24, 2.45) is 11.8 Å². The fourth-order valence-corrected chi connectivity index (χ4v) is 3.33. The van der Waals surface area contributed by atoms with Crippen LogP contribution in [0.5, 0.6) is 0 Å². The smallest absolute Gasteiger partial charge is 0.227 e. The summed E-state index contributed by atoms with van der Waals surface area (Å²) in [7, 11) is -0.602. The molecule has 2 saturated carbocycles. The van der Waals surface area contributed by atoms with Crippen molar-refractivity contribution < 1.29 is 35.0 Å². The average Bonchev–Trinajstić information content (AvgIpc) is 3.24.